The standard InChI is InChI=1S/C45H27N3O2/c1-3-10-28(11-4-1)29-18-20-31(21-19-29)44-46-43(30-12-5-2-6-13-30)47-45(48-44)33-23-25-37-41(27-33)50-39-17-9-15-34(42(37)39)32-22-24-36-35-14-7-8-16-38(35)49-40(36)26-32/h1-27H/i1D,2D,3D,4D,5D,6D,7D,8D,9D,10D,11D,12D,13D,14D,15D,16D,17D,18D,19D,20D,21D,22D,23D,24D,25D,26D,27D. The highest BCUT2D eigenvalue weighted by molar-refractivity contribution is 6.14. The maximum absolute atomic E-state index is 9.55. The molecule has 234 valence electrons. The van der Waals surface area contributed by atoms with Crippen molar-refractivity contribution in [2.75, 3.05) is 0 Å². The molecule has 5 nitrogen and oxygen atoms in total. The molecule has 0 spiro atoms. The van der Waals surface area contributed by atoms with Gasteiger partial charge >= 0.3 is 0 Å². The van der Waals surface area contributed by atoms with Gasteiger partial charge in [-0.2, -0.15) is 0 Å². The van der Waals surface area contributed by atoms with Gasteiger partial charge in [0.1, 0.15) is 22.3 Å². The summed E-state index contributed by atoms with van der Waals surface area (Å²) in [5.74, 6) is -2.55. The van der Waals surface area contributed by atoms with E-state index in [0.717, 1.165) is 0 Å². The van der Waals surface area contributed by atoms with Crippen LogP contribution in [0.1, 0.15) is 37.0 Å². The molecule has 0 amide bonds. The monoisotopic (exact) mass is 668 g/mol. The van der Waals surface area contributed by atoms with Gasteiger partial charge in [-0.1, -0.05) is 127 Å². The van der Waals surface area contributed by atoms with Crippen molar-refractivity contribution in [3.8, 4) is 56.4 Å². The minimum absolute atomic E-state index is 0.323. The van der Waals surface area contributed by atoms with Gasteiger partial charge in [-0.3, -0.25) is 0 Å². The Hall–Kier alpha value is -6.85. The fourth-order valence-electron chi connectivity index (χ4n) is 5.17. The summed E-state index contributed by atoms with van der Waals surface area (Å²) in [5.41, 5.74) is -7.29. The summed E-state index contributed by atoms with van der Waals surface area (Å²) in [6, 6.07) is -23.1. The molecule has 10 rings (SSSR count). The number of para-hydroxylation sites is 1. The highest BCUT2D eigenvalue weighted by Crippen LogP contribution is 2.40. The molecule has 0 atom stereocenters. The quantitative estimate of drug-likeness (QED) is 0.183. The lowest BCUT2D eigenvalue weighted by Gasteiger charge is -2.09. The number of hydrogen-bond acceptors (Lipinski definition) is 5. The fourth-order valence-corrected chi connectivity index (χ4v) is 5.17. The van der Waals surface area contributed by atoms with Gasteiger partial charge in [0.05, 0.1) is 37.0 Å². The van der Waals surface area contributed by atoms with Crippen LogP contribution in [-0.4, -0.2) is 15.0 Å². The SMILES string of the molecule is [2H]c1c([2H])c([2H])c(-c2nc(-c3c([2H])c([2H])c(-c4c([2H])c([2H])c([2H])c([2H])c4[2H])c([2H])c3[2H])nc(-c3c([2H])c([2H])c4c(oc5c([2H])c([2H])c([2H])c(-c6c([2H])c([2H])c7c(oc8c([2H])c([2H])c([2H])c([2H])c87)c6[2H])c54)c3[2H])n2)c([2H])c1[2H]. The zero-order chi connectivity index (χ0) is 56.5. The van der Waals surface area contributed by atoms with Crippen molar-refractivity contribution >= 4 is 43.9 Å². The van der Waals surface area contributed by atoms with Crippen LogP contribution in [0.4, 0.5) is 0 Å². The first-order chi connectivity index (χ1) is 36.0. The summed E-state index contributed by atoms with van der Waals surface area (Å²) in [5, 5.41) is -1.70. The lowest BCUT2D eigenvalue weighted by atomic mass is 9.98. The Morgan fingerprint density at radius 3 is 1.60 bits per heavy atom. The second-order valence-corrected chi connectivity index (χ2v) is 10.3. The van der Waals surface area contributed by atoms with E-state index >= 15 is 0 Å². The van der Waals surface area contributed by atoms with Crippen LogP contribution >= 0.6 is 0 Å². The molecule has 0 fully saturated rings. The molecule has 0 saturated heterocycles. The normalized spacial score (nSPS) is 19.2. The number of furan rings is 2. The van der Waals surface area contributed by atoms with Crippen LogP contribution in [0.2, 0.25) is 0 Å². The Labute approximate surface area is 325 Å². The van der Waals surface area contributed by atoms with Crippen molar-refractivity contribution in [3.05, 3.63) is 163 Å². The summed E-state index contributed by atoms with van der Waals surface area (Å²) in [7, 11) is 0. The Bertz CT molecular complexity index is 4350. The van der Waals surface area contributed by atoms with Crippen LogP contribution in [0.15, 0.2) is 172 Å². The lowest BCUT2D eigenvalue weighted by molar-refractivity contribution is 0.668. The van der Waals surface area contributed by atoms with E-state index in [0.29, 0.717) is 0 Å². The average molecular weight is 669 g/mol. The third-order valence-electron chi connectivity index (χ3n) is 7.39. The van der Waals surface area contributed by atoms with Crippen molar-refractivity contribution < 1.29 is 45.8 Å². The molecule has 0 unspecified atom stereocenters. The van der Waals surface area contributed by atoms with Crippen LogP contribution < -0.4 is 0 Å². The molecule has 0 bridgehead atoms. The van der Waals surface area contributed by atoms with Crippen molar-refractivity contribution in [2.24, 2.45) is 0 Å². The van der Waals surface area contributed by atoms with Crippen molar-refractivity contribution in [3.63, 3.8) is 0 Å². The Morgan fingerprint density at radius 1 is 0.340 bits per heavy atom. The summed E-state index contributed by atoms with van der Waals surface area (Å²) in [4.78, 5) is 12.8. The minimum Gasteiger partial charge on any atom is -0.456 e. The molecule has 0 aliphatic rings. The van der Waals surface area contributed by atoms with Crippen LogP contribution in [0.5, 0.6) is 0 Å². The van der Waals surface area contributed by atoms with Crippen LogP contribution in [-0.2, 0) is 0 Å². The first-order valence-corrected chi connectivity index (χ1v) is 14.4. The number of nitrogens with zero attached hydrogens (tertiary/aromatic N) is 3. The average Bonchev–Trinajstić information content (AvgIpc) is 4.01. The Morgan fingerprint density at radius 2 is 0.820 bits per heavy atom. The highest BCUT2D eigenvalue weighted by Gasteiger charge is 2.17. The second kappa shape index (κ2) is 11.4. The zero-order valence-corrected chi connectivity index (χ0v) is 24.7. The van der Waals surface area contributed by atoms with Crippen LogP contribution in [0, 0.1) is 0 Å². The fraction of sp³-hybridized carbons (Fsp3) is 0. The van der Waals surface area contributed by atoms with E-state index in [1.54, 1.807) is 0 Å². The molecule has 7 aromatic carbocycles. The van der Waals surface area contributed by atoms with E-state index in [-0.39, 0.29) is 10.8 Å². The van der Waals surface area contributed by atoms with Crippen LogP contribution in [0.3, 0.4) is 0 Å². The molecular formula is C45H27N3O2. The number of aromatic nitrogens is 3. The number of rotatable bonds is 5. The van der Waals surface area contributed by atoms with Gasteiger partial charge in [0.2, 0.25) is 0 Å². The second-order valence-electron chi connectivity index (χ2n) is 10.3. The van der Waals surface area contributed by atoms with Gasteiger partial charge in [0.25, 0.3) is 0 Å². The number of benzene rings is 7. The molecule has 3 aromatic heterocycles. The van der Waals surface area contributed by atoms with Gasteiger partial charge in [-0.05, 0) is 58.5 Å². The summed E-state index contributed by atoms with van der Waals surface area (Å²) < 4.78 is 248. The molecule has 0 aliphatic heterocycles. The van der Waals surface area contributed by atoms with E-state index in [9.17, 15) is 6.85 Å². The van der Waals surface area contributed by atoms with Crippen LogP contribution in [0.25, 0.3) is 100 Å². The zero-order valence-electron chi connectivity index (χ0n) is 51.7. The van der Waals surface area contributed by atoms with E-state index in [2.05, 4.69) is 15.0 Å². The molecule has 10 aromatic rings. The number of fused-ring (bicyclic) bond motifs is 6. The maximum atomic E-state index is 9.55. The summed E-state index contributed by atoms with van der Waals surface area (Å²) in [6.45, 7) is 0. The Kier molecular flexibility index (Phi) is 2.79. The first kappa shape index (κ1) is 12.2. The molecule has 50 heavy (non-hydrogen) atoms. The molecule has 0 N–H and O–H groups in total. The maximum Gasteiger partial charge on any atom is 0.164 e. The molecular weight excluding hydrogens is 615 g/mol. The van der Waals surface area contributed by atoms with Gasteiger partial charge in [-0.25, -0.2) is 15.0 Å². The number of hydrogen-bond donors (Lipinski definition) is 0. The minimum atomic E-state index is -1.00. The van der Waals surface area contributed by atoms with Gasteiger partial charge in [0.15, 0.2) is 17.5 Å². The Balaban J connectivity index is 1.30. The van der Waals surface area contributed by atoms with Crippen molar-refractivity contribution in [1.82, 2.24) is 15.0 Å². The lowest BCUT2D eigenvalue weighted by Crippen LogP contribution is -2.00. The predicted octanol–water partition coefficient (Wildman–Crippen LogP) is 12.0. The largest absolute Gasteiger partial charge is 0.456 e. The van der Waals surface area contributed by atoms with Gasteiger partial charge < -0.3 is 8.83 Å². The molecule has 0 aliphatic carbocycles. The molecule has 0 radical (unpaired) electrons. The summed E-state index contributed by atoms with van der Waals surface area (Å²) >= 11 is 0. The van der Waals surface area contributed by atoms with Crippen molar-refractivity contribution in [2.45, 2.75) is 0 Å². The molecule has 0 saturated carbocycles. The van der Waals surface area contributed by atoms with E-state index in [4.69, 9.17) is 39.0 Å². The molecule has 5 heteroatoms. The topological polar surface area (TPSA) is 65.0 Å². The highest BCUT2D eigenvalue weighted by atomic mass is 16.3. The van der Waals surface area contributed by atoms with Gasteiger partial charge in [-0.15, -0.1) is 0 Å². The third kappa shape index (κ3) is 4.75. The van der Waals surface area contributed by atoms with Crippen molar-refractivity contribution in [1.29, 1.82) is 0 Å². The third-order valence-corrected chi connectivity index (χ3v) is 7.39. The predicted molar refractivity (Wildman–Crippen MR) is 202 cm³/mol. The van der Waals surface area contributed by atoms with Gasteiger partial charge in [0, 0.05) is 38.2 Å². The summed E-state index contributed by atoms with van der Waals surface area (Å²) in [6.07, 6.45) is 0. The molecule has 3 heterocycles. The first-order valence-electron chi connectivity index (χ1n) is 27.9. The van der Waals surface area contributed by atoms with E-state index in [1.165, 1.54) is 0 Å². The smallest absolute Gasteiger partial charge is 0.164 e. The van der Waals surface area contributed by atoms with E-state index in [1.807, 2.05) is 0 Å². The van der Waals surface area contributed by atoms with E-state index < -0.39 is 253 Å².